The first kappa shape index (κ1) is 8.70. The first-order valence-electron chi connectivity index (χ1n) is 4.62. The molecule has 0 bridgehead atoms. The molecule has 2 rings (SSSR count). The van der Waals surface area contributed by atoms with Crippen LogP contribution in [-0.4, -0.2) is 11.2 Å². The van der Waals surface area contributed by atoms with Gasteiger partial charge in [0, 0.05) is 0 Å². The van der Waals surface area contributed by atoms with Gasteiger partial charge in [-0.3, -0.25) is 0 Å². The molecule has 1 aliphatic rings. The van der Waals surface area contributed by atoms with Crippen LogP contribution in [0.15, 0.2) is 24.3 Å². The summed E-state index contributed by atoms with van der Waals surface area (Å²) in [6, 6.07) is 6.57. The zero-order chi connectivity index (χ0) is 9.42. The quantitative estimate of drug-likeness (QED) is 0.740. The van der Waals surface area contributed by atoms with Crippen LogP contribution >= 0.6 is 0 Å². The van der Waals surface area contributed by atoms with Gasteiger partial charge in [0.2, 0.25) is 0 Å². The van der Waals surface area contributed by atoms with Gasteiger partial charge in [-0.1, -0.05) is 12.1 Å². The fourth-order valence-electron chi connectivity index (χ4n) is 1.84. The molecule has 1 aromatic rings. The molecule has 1 aliphatic carbocycles. The average molecular weight is 180 g/mol. The predicted octanol–water partition coefficient (Wildman–Crippen LogP) is 2.31. The summed E-state index contributed by atoms with van der Waals surface area (Å²) in [6.45, 7) is 1.81. The van der Waals surface area contributed by atoms with Gasteiger partial charge in [0.05, 0.1) is 6.10 Å². The molecule has 0 aromatic heterocycles. The molecule has 1 nitrogen and oxygen atoms in total. The fraction of sp³-hybridized carbons (Fsp3) is 0.455. The van der Waals surface area contributed by atoms with Crippen LogP contribution in [0, 0.1) is 11.7 Å². The van der Waals surface area contributed by atoms with Gasteiger partial charge in [-0.25, -0.2) is 4.39 Å². The van der Waals surface area contributed by atoms with E-state index in [0.717, 1.165) is 12.0 Å². The van der Waals surface area contributed by atoms with Gasteiger partial charge >= 0.3 is 0 Å². The lowest BCUT2D eigenvalue weighted by Gasteiger charge is -2.02. The smallest absolute Gasteiger partial charge is 0.123 e. The van der Waals surface area contributed by atoms with Crippen LogP contribution < -0.4 is 0 Å². The Hall–Kier alpha value is -0.890. The van der Waals surface area contributed by atoms with E-state index in [0.29, 0.717) is 11.8 Å². The number of halogens is 1. The zero-order valence-corrected chi connectivity index (χ0v) is 7.57. The van der Waals surface area contributed by atoms with E-state index in [1.165, 1.54) is 12.1 Å². The van der Waals surface area contributed by atoms with Crippen molar-refractivity contribution >= 4 is 0 Å². The molecule has 2 heteroatoms. The highest BCUT2D eigenvalue weighted by Crippen LogP contribution is 2.49. The molecular weight excluding hydrogens is 167 g/mol. The summed E-state index contributed by atoms with van der Waals surface area (Å²) in [5, 5.41) is 9.30. The molecule has 0 unspecified atom stereocenters. The van der Waals surface area contributed by atoms with Crippen LogP contribution in [0.5, 0.6) is 0 Å². The van der Waals surface area contributed by atoms with Crippen LogP contribution in [0.4, 0.5) is 4.39 Å². The summed E-state index contributed by atoms with van der Waals surface area (Å²) in [6.07, 6.45) is 0.790. The third-order valence-electron chi connectivity index (χ3n) is 2.76. The summed E-state index contributed by atoms with van der Waals surface area (Å²) in [5.74, 6) is 0.629. The molecule has 3 atom stereocenters. The fourth-order valence-corrected chi connectivity index (χ4v) is 1.84. The second-order valence-corrected chi connectivity index (χ2v) is 3.80. The molecule has 0 radical (unpaired) electrons. The number of hydrogen-bond donors (Lipinski definition) is 1. The number of aliphatic hydroxyl groups is 1. The number of benzene rings is 1. The Morgan fingerprint density at radius 1 is 1.38 bits per heavy atom. The molecule has 0 saturated heterocycles. The van der Waals surface area contributed by atoms with Crippen molar-refractivity contribution in [2.24, 2.45) is 5.92 Å². The summed E-state index contributed by atoms with van der Waals surface area (Å²) in [4.78, 5) is 0. The molecule has 1 aromatic carbocycles. The average Bonchev–Trinajstić information content (AvgIpc) is 2.85. The molecule has 1 N–H and O–H groups in total. The van der Waals surface area contributed by atoms with Crippen molar-refractivity contribution in [3.8, 4) is 0 Å². The Labute approximate surface area is 77.2 Å². The highest BCUT2D eigenvalue weighted by atomic mass is 19.1. The van der Waals surface area contributed by atoms with Gasteiger partial charge in [0.1, 0.15) is 5.82 Å². The van der Waals surface area contributed by atoms with Crippen LogP contribution in [0.1, 0.15) is 24.8 Å². The Balaban J connectivity index is 2.08. The van der Waals surface area contributed by atoms with E-state index in [9.17, 15) is 9.50 Å². The molecule has 70 valence electrons. The molecule has 0 heterocycles. The number of hydrogen-bond acceptors (Lipinski definition) is 1. The van der Waals surface area contributed by atoms with Crippen LogP contribution in [-0.2, 0) is 0 Å². The Bertz CT molecular complexity index is 291. The number of rotatable bonds is 2. The minimum atomic E-state index is -0.241. The van der Waals surface area contributed by atoms with Crippen LogP contribution in [0.25, 0.3) is 0 Å². The SMILES string of the molecule is C[C@@H](O)[C@H]1C[C@@H]1c1ccc(F)cc1. The topological polar surface area (TPSA) is 20.2 Å². The largest absolute Gasteiger partial charge is 0.393 e. The maximum Gasteiger partial charge on any atom is 0.123 e. The third-order valence-corrected chi connectivity index (χ3v) is 2.76. The molecule has 0 amide bonds. The molecule has 1 saturated carbocycles. The van der Waals surface area contributed by atoms with Crippen molar-refractivity contribution in [3.63, 3.8) is 0 Å². The van der Waals surface area contributed by atoms with E-state index < -0.39 is 0 Å². The van der Waals surface area contributed by atoms with E-state index in [1.807, 2.05) is 19.1 Å². The Morgan fingerprint density at radius 3 is 2.46 bits per heavy atom. The van der Waals surface area contributed by atoms with Gasteiger partial charge < -0.3 is 5.11 Å². The summed E-state index contributed by atoms with van der Waals surface area (Å²) in [7, 11) is 0. The molecule has 13 heavy (non-hydrogen) atoms. The van der Waals surface area contributed by atoms with E-state index >= 15 is 0 Å². The van der Waals surface area contributed by atoms with Gasteiger partial charge in [0.25, 0.3) is 0 Å². The van der Waals surface area contributed by atoms with Crippen LogP contribution in [0.3, 0.4) is 0 Å². The highest BCUT2D eigenvalue weighted by molar-refractivity contribution is 5.26. The lowest BCUT2D eigenvalue weighted by atomic mass is 10.1. The maximum absolute atomic E-state index is 12.6. The Morgan fingerprint density at radius 2 is 2.00 bits per heavy atom. The number of aliphatic hydroxyl groups excluding tert-OH is 1. The lowest BCUT2D eigenvalue weighted by molar-refractivity contribution is 0.169. The van der Waals surface area contributed by atoms with Crippen molar-refractivity contribution in [2.45, 2.75) is 25.4 Å². The first-order valence-corrected chi connectivity index (χ1v) is 4.62. The first-order chi connectivity index (χ1) is 6.18. The van der Waals surface area contributed by atoms with Crippen LogP contribution in [0.2, 0.25) is 0 Å². The van der Waals surface area contributed by atoms with Crippen molar-refractivity contribution in [1.82, 2.24) is 0 Å². The summed E-state index contributed by atoms with van der Waals surface area (Å²) < 4.78 is 12.6. The minimum absolute atomic E-state index is 0.196. The standard InChI is InChI=1S/C11H13FO/c1-7(13)10-6-11(10)8-2-4-9(12)5-3-8/h2-5,7,10-11,13H,6H2,1H3/t7-,10-,11-/m1/s1. The third kappa shape index (κ3) is 1.73. The van der Waals surface area contributed by atoms with Crippen molar-refractivity contribution < 1.29 is 9.50 Å². The zero-order valence-electron chi connectivity index (χ0n) is 7.57. The van der Waals surface area contributed by atoms with Gasteiger partial charge in [-0.05, 0) is 42.9 Å². The molecule has 0 spiro atoms. The predicted molar refractivity (Wildman–Crippen MR) is 48.9 cm³/mol. The summed E-state index contributed by atoms with van der Waals surface area (Å²) >= 11 is 0. The van der Waals surface area contributed by atoms with E-state index in [4.69, 9.17) is 0 Å². The van der Waals surface area contributed by atoms with E-state index in [1.54, 1.807) is 0 Å². The van der Waals surface area contributed by atoms with Gasteiger partial charge in [-0.2, -0.15) is 0 Å². The van der Waals surface area contributed by atoms with Crippen molar-refractivity contribution in [1.29, 1.82) is 0 Å². The lowest BCUT2D eigenvalue weighted by Crippen LogP contribution is -2.03. The summed E-state index contributed by atoms with van der Waals surface area (Å²) in [5.41, 5.74) is 1.15. The van der Waals surface area contributed by atoms with E-state index in [-0.39, 0.29) is 11.9 Å². The maximum atomic E-state index is 12.6. The molecular formula is C11H13FO. The van der Waals surface area contributed by atoms with Crippen molar-refractivity contribution in [2.75, 3.05) is 0 Å². The monoisotopic (exact) mass is 180 g/mol. The van der Waals surface area contributed by atoms with Gasteiger partial charge in [-0.15, -0.1) is 0 Å². The molecule has 1 fully saturated rings. The van der Waals surface area contributed by atoms with Gasteiger partial charge in [0.15, 0.2) is 0 Å². The Kier molecular flexibility index (Phi) is 2.08. The minimum Gasteiger partial charge on any atom is -0.393 e. The highest BCUT2D eigenvalue weighted by Gasteiger charge is 2.41. The molecule has 0 aliphatic heterocycles. The van der Waals surface area contributed by atoms with E-state index in [2.05, 4.69) is 0 Å². The second kappa shape index (κ2) is 3.11. The van der Waals surface area contributed by atoms with Crippen molar-refractivity contribution in [3.05, 3.63) is 35.6 Å². The second-order valence-electron chi connectivity index (χ2n) is 3.80. The normalized spacial score (nSPS) is 28.5.